The number of hydrogen-bond acceptors (Lipinski definition) is 5. The molecule has 1 aromatic rings. The van der Waals surface area contributed by atoms with Gasteiger partial charge in [0.1, 0.15) is 10.8 Å². The molecule has 21 heavy (non-hydrogen) atoms. The Balaban J connectivity index is 1.93. The highest BCUT2D eigenvalue weighted by Crippen LogP contribution is 2.18. The van der Waals surface area contributed by atoms with E-state index in [4.69, 9.17) is 16.3 Å². The highest BCUT2D eigenvalue weighted by molar-refractivity contribution is 6.29. The normalized spacial score (nSPS) is 19.2. The van der Waals surface area contributed by atoms with Gasteiger partial charge in [-0.15, -0.1) is 0 Å². The molecule has 1 saturated heterocycles. The molecule has 0 radical (unpaired) electrons. The molecule has 1 aromatic heterocycles. The number of carbonyl (C=O) groups excluding carboxylic acids is 1. The van der Waals surface area contributed by atoms with Crippen LogP contribution in [0.5, 0.6) is 0 Å². The van der Waals surface area contributed by atoms with Crippen LogP contribution in [0.25, 0.3) is 0 Å². The summed E-state index contributed by atoms with van der Waals surface area (Å²) < 4.78 is 5.28. The maximum atomic E-state index is 11.8. The summed E-state index contributed by atoms with van der Waals surface area (Å²) in [4.78, 5) is 22.3. The highest BCUT2D eigenvalue weighted by Gasteiger charge is 2.25. The van der Waals surface area contributed by atoms with Crippen LogP contribution in [0.15, 0.2) is 12.3 Å². The Hall–Kier alpha value is -1.56. The molecule has 0 aromatic carbocycles. The number of amides is 1. The lowest BCUT2D eigenvalue weighted by Gasteiger charge is -2.33. The first kappa shape index (κ1) is 15.8. The van der Waals surface area contributed by atoms with Crippen LogP contribution in [0, 0.1) is 0 Å². The minimum Gasteiger partial charge on any atom is -0.444 e. The van der Waals surface area contributed by atoms with E-state index in [0.29, 0.717) is 17.6 Å². The van der Waals surface area contributed by atoms with E-state index in [-0.39, 0.29) is 12.1 Å². The molecule has 116 valence electrons. The molecule has 1 N–H and O–H groups in total. The van der Waals surface area contributed by atoms with Crippen LogP contribution < -0.4 is 10.2 Å². The summed E-state index contributed by atoms with van der Waals surface area (Å²) in [6, 6.07) is 1.67. The number of halogens is 1. The Morgan fingerprint density at radius 1 is 1.52 bits per heavy atom. The fourth-order valence-corrected chi connectivity index (χ4v) is 2.36. The van der Waals surface area contributed by atoms with E-state index >= 15 is 0 Å². The molecule has 1 atom stereocenters. The quantitative estimate of drug-likeness (QED) is 0.850. The number of alkyl carbamates (subject to hydrolysis) is 1. The zero-order valence-corrected chi connectivity index (χ0v) is 13.4. The van der Waals surface area contributed by atoms with E-state index in [1.807, 2.05) is 25.7 Å². The molecule has 1 aliphatic rings. The number of rotatable bonds is 2. The first-order valence-electron chi connectivity index (χ1n) is 7.06. The van der Waals surface area contributed by atoms with E-state index in [9.17, 15) is 4.79 Å². The van der Waals surface area contributed by atoms with Gasteiger partial charge in [0.05, 0.1) is 0 Å². The minimum absolute atomic E-state index is 0.0242. The smallest absolute Gasteiger partial charge is 0.407 e. The molecular formula is C14H21ClN4O2. The lowest BCUT2D eigenvalue weighted by molar-refractivity contribution is 0.0500. The van der Waals surface area contributed by atoms with Crippen molar-refractivity contribution in [3.05, 3.63) is 17.4 Å². The molecule has 1 amide bonds. The number of nitrogens with zero attached hydrogens (tertiary/aromatic N) is 3. The summed E-state index contributed by atoms with van der Waals surface area (Å²) >= 11 is 5.89. The number of hydrogen-bond donors (Lipinski definition) is 1. The van der Waals surface area contributed by atoms with E-state index in [1.165, 1.54) is 0 Å². The summed E-state index contributed by atoms with van der Waals surface area (Å²) in [5, 5.41) is 3.32. The van der Waals surface area contributed by atoms with Gasteiger partial charge < -0.3 is 15.0 Å². The van der Waals surface area contributed by atoms with Gasteiger partial charge in [-0.1, -0.05) is 11.6 Å². The second-order valence-electron chi connectivity index (χ2n) is 6.11. The Kier molecular flexibility index (Phi) is 4.88. The van der Waals surface area contributed by atoms with Gasteiger partial charge in [-0.2, -0.15) is 0 Å². The summed E-state index contributed by atoms with van der Waals surface area (Å²) in [5.74, 6) is 0.596. The number of ether oxygens (including phenoxy) is 1. The van der Waals surface area contributed by atoms with E-state index in [2.05, 4.69) is 15.3 Å². The molecule has 1 fully saturated rings. The van der Waals surface area contributed by atoms with E-state index in [0.717, 1.165) is 19.4 Å². The third-order valence-corrected chi connectivity index (χ3v) is 3.24. The number of anilines is 1. The van der Waals surface area contributed by atoms with Crippen molar-refractivity contribution in [2.75, 3.05) is 18.0 Å². The molecule has 1 aliphatic heterocycles. The molecule has 6 nitrogen and oxygen atoms in total. The number of nitrogens with one attached hydrogen (secondary N) is 1. The van der Waals surface area contributed by atoms with E-state index < -0.39 is 5.60 Å². The predicted octanol–water partition coefficient (Wildman–Crippen LogP) is 2.62. The van der Waals surface area contributed by atoms with Crippen LogP contribution in [0.1, 0.15) is 33.6 Å². The molecule has 0 bridgehead atoms. The Labute approximate surface area is 129 Å². The van der Waals surface area contributed by atoms with Crippen molar-refractivity contribution in [3.63, 3.8) is 0 Å². The third-order valence-electron chi connectivity index (χ3n) is 3.03. The lowest BCUT2D eigenvalue weighted by Crippen LogP contribution is -2.49. The predicted molar refractivity (Wildman–Crippen MR) is 81.6 cm³/mol. The average molecular weight is 313 g/mol. The molecule has 2 heterocycles. The van der Waals surface area contributed by atoms with Crippen molar-refractivity contribution < 1.29 is 9.53 Å². The van der Waals surface area contributed by atoms with Crippen LogP contribution in [0.4, 0.5) is 10.7 Å². The Bertz CT molecular complexity index is 504. The van der Waals surface area contributed by atoms with Crippen molar-refractivity contribution in [3.8, 4) is 0 Å². The topological polar surface area (TPSA) is 67.3 Å². The fourth-order valence-electron chi connectivity index (χ4n) is 2.23. The molecule has 2 rings (SSSR count). The summed E-state index contributed by atoms with van der Waals surface area (Å²) in [5.41, 5.74) is -0.492. The van der Waals surface area contributed by atoms with E-state index in [1.54, 1.807) is 12.3 Å². The molecule has 1 unspecified atom stereocenters. The molecule has 0 aliphatic carbocycles. The number of carbonyl (C=O) groups is 1. The largest absolute Gasteiger partial charge is 0.444 e. The Morgan fingerprint density at radius 3 is 2.95 bits per heavy atom. The van der Waals surface area contributed by atoms with Crippen LogP contribution in [-0.2, 0) is 4.74 Å². The van der Waals surface area contributed by atoms with Crippen molar-refractivity contribution in [1.82, 2.24) is 15.3 Å². The summed E-state index contributed by atoms with van der Waals surface area (Å²) in [6.45, 7) is 7.05. The van der Waals surface area contributed by atoms with Gasteiger partial charge in [-0.3, -0.25) is 0 Å². The lowest BCUT2D eigenvalue weighted by atomic mass is 10.1. The van der Waals surface area contributed by atoms with Crippen LogP contribution >= 0.6 is 11.6 Å². The van der Waals surface area contributed by atoms with Gasteiger partial charge in [-0.05, 0) is 39.7 Å². The fraction of sp³-hybridized carbons (Fsp3) is 0.643. The highest BCUT2D eigenvalue weighted by atomic mass is 35.5. The second-order valence-corrected chi connectivity index (χ2v) is 6.50. The van der Waals surface area contributed by atoms with Crippen molar-refractivity contribution in [2.24, 2.45) is 0 Å². The standard InChI is InChI=1S/C14H21ClN4O2/c1-14(2,3)21-13(20)17-10-5-4-8-19(9-10)12-16-7-6-11(15)18-12/h6-7,10H,4-5,8-9H2,1-3H3,(H,17,20). The van der Waals surface area contributed by atoms with Crippen LogP contribution in [0.3, 0.4) is 0 Å². The molecule has 0 saturated carbocycles. The third kappa shape index (κ3) is 5.04. The summed E-state index contributed by atoms with van der Waals surface area (Å²) in [6.07, 6.45) is 3.11. The van der Waals surface area contributed by atoms with Crippen LogP contribution in [-0.4, -0.2) is 40.8 Å². The average Bonchev–Trinajstić information content (AvgIpc) is 2.36. The Morgan fingerprint density at radius 2 is 2.29 bits per heavy atom. The van der Waals surface area contributed by atoms with Gasteiger partial charge in [0.2, 0.25) is 5.95 Å². The summed E-state index contributed by atoms with van der Waals surface area (Å²) in [7, 11) is 0. The van der Waals surface area contributed by atoms with Crippen molar-refractivity contribution >= 4 is 23.6 Å². The number of piperidine rings is 1. The van der Waals surface area contributed by atoms with Gasteiger partial charge >= 0.3 is 6.09 Å². The minimum atomic E-state index is -0.492. The van der Waals surface area contributed by atoms with Gasteiger partial charge in [0, 0.05) is 25.3 Å². The number of aromatic nitrogens is 2. The zero-order valence-electron chi connectivity index (χ0n) is 12.6. The molecule has 7 heteroatoms. The maximum absolute atomic E-state index is 11.8. The van der Waals surface area contributed by atoms with Gasteiger partial charge in [-0.25, -0.2) is 14.8 Å². The van der Waals surface area contributed by atoms with Crippen LogP contribution in [0.2, 0.25) is 5.15 Å². The first-order valence-corrected chi connectivity index (χ1v) is 7.44. The SMILES string of the molecule is CC(C)(C)OC(=O)NC1CCCN(c2nccc(Cl)n2)C1. The molecular weight excluding hydrogens is 292 g/mol. The second kappa shape index (κ2) is 6.47. The monoisotopic (exact) mass is 312 g/mol. The first-order chi connectivity index (χ1) is 9.83. The zero-order chi connectivity index (χ0) is 15.5. The van der Waals surface area contributed by atoms with Crippen molar-refractivity contribution in [2.45, 2.75) is 45.3 Å². The molecule has 0 spiro atoms. The van der Waals surface area contributed by atoms with Crippen molar-refractivity contribution in [1.29, 1.82) is 0 Å². The van der Waals surface area contributed by atoms with Gasteiger partial charge in [0.25, 0.3) is 0 Å². The maximum Gasteiger partial charge on any atom is 0.407 e. The van der Waals surface area contributed by atoms with Gasteiger partial charge in [0.15, 0.2) is 0 Å².